The molecular weight excluding hydrogens is 194 g/mol. The van der Waals surface area contributed by atoms with Crippen LogP contribution in [0.25, 0.3) is 0 Å². The van der Waals surface area contributed by atoms with Crippen molar-refractivity contribution in [2.24, 2.45) is 0 Å². The second-order valence-corrected chi connectivity index (χ2v) is 4.40. The first-order chi connectivity index (χ1) is 7.60. The maximum atomic E-state index is 3.73. The Morgan fingerprint density at radius 2 is 1.94 bits per heavy atom. The lowest BCUT2D eigenvalue weighted by Gasteiger charge is -2.29. The largest absolute Gasteiger partial charge is 0.379 e. The lowest BCUT2D eigenvalue weighted by Crippen LogP contribution is -2.35. The van der Waals surface area contributed by atoms with Gasteiger partial charge in [0.25, 0.3) is 0 Å². The fraction of sp³-hybridized carbons (Fsp3) is 0.333. The molecule has 0 radical (unpaired) electrons. The quantitative estimate of drug-likeness (QED) is 0.732. The highest BCUT2D eigenvalue weighted by molar-refractivity contribution is 5.25. The minimum atomic E-state index is -0.0495. The summed E-state index contributed by atoms with van der Waals surface area (Å²) in [5.41, 5.74) is 2.45. The molecule has 0 atom stereocenters. The predicted octanol–water partition coefficient (Wildman–Crippen LogP) is 3.99. The summed E-state index contributed by atoms with van der Waals surface area (Å²) in [4.78, 5) is 0. The summed E-state index contributed by atoms with van der Waals surface area (Å²) in [7, 11) is 0. The zero-order valence-corrected chi connectivity index (χ0v) is 10.5. The number of rotatable bonds is 5. The highest BCUT2D eigenvalue weighted by Crippen LogP contribution is 2.21. The second kappa shape index (κ2) is 5.55. The lowest BCUT2D eigenvalue weighted by atomic mass is 9.94. The van der Waals surface area contributed by atoms with Crippen molar-refractivity contribution in [2.45, 2.75) is 32.7 Å². The van der Waals surface area contributed by atoms with Gasteiger partial charge in [0.15, 0.2) is 0 Å². The Bertz CT molecular complexity index is 360. The van der Waals surface area contributed by atoms with Gasteiger partial charge in [-0.2, -0.15) is 0 Å². The molecule has 0 amide bonds. The fourth-order valence-electron chi connectivity index (χ4n) is 1.72. The summed E-state index contributed by atoms with van der Waals surface area (Å²) in [6, 6.07) is 10.5. The van der Waals surface area contributed by atoms with E-state index < -0.39 is 0 Å². The molecule has 1 heteroatoms. The van der Waals surface area contributed by atoms with Crippen molar-refractivity contribution in [3.63, 3.8) is 0 Å². The molecule has 0 aliphatic rings. The molecule has 0 aromatic heterocycles. The molecule has 1 rings (SSSR count). The lowest BCUT2D eigenvalue weighted by molar-refractivity contribution is 0.442. The van der Waals surface area contributed by atoms with Gasteiger partial charge in [-0.1, -0.05) is 49.9 Å². The first kappa shape index (κ1) is 12.6. The van der Waals surface area contributed by atoms with Crippen molar-refractivity contribution in [3.05, 3.63) is 60.3 Å². The zero-order chi connectivity index (χ0) is 12.0. The van der Waals surface area contributed by atoms with Crippen LogP contribution in [0, 0.1) is 0 Å². The van der Waals surface area contributed by atoms with Crippen molar-refractivity contribution < 1.29 is 0 Å². The SMILES string of the molecule is C=C/C=C(\CC)NC(C)(C)c1ccccc1. The van der Waals surface area contributed by atoms with Gasteiger partial charge >= 0.3 is 0 Å². The van der Waals surface area contributed by atoms with E-state index in [1.807, 2.05) is 18.2 Å². The molecule has 0 saturated carbocycles. The van der Waals surface area contributed by atoms with Crippen molar-refractivity contribution in [2.75, 3.05) is 0 Å². The minimum absolute atomic E-state index is 0.0495. The first-order valence-electron chi connectivity index (χ1n) is 5.75. The number of nitrogens with one attached hydrogen (secondary N) is 1. The predicted molar refractivity (Wildman–Crippen MR) is 71.2 cm³/mol. The van der Waals surface area contributed by atoms with Crippen LogP contribution in [-0.4, -0.2) is 0 Å². The van der Waals surface area contributed by atoms with E-state index in [1.165, 1.54) is 11.3 Å². The van der Waals surface area contributed by atoms with Gasteiger partial charge in [-0.15, -0.1) is 0 Å². The van der Waals surface area contributed by atoms with E-state index in [0.717, 1.165) is 6.42 Å². The van der Waals surface area contributed by atoms with Crippen LogP contribution in [0.4, 0.5) is 0 Å². The van der Waals surface area contributed by atoms with Crippen LogP contribution in [0.2, 0.25) is 0 Å². The molecule has 0 heterocycles. The highest BCUT2D eigenvalue weighted by atomic mass is 15.0. The molecule has 0 spiro atoms. The molecule has 0 fully saturated rings. The summed E-state index contributed by atoms with van der Waals surface area (Å²) in [6.07, 6.45) is 4.85. The van der Waals surface area contributed by atoms with E-state index in [1.54, 1.807) is 0 Å². The summed E-state index contributed by atoms with van der Waals surface area (Å²) in [6.45, 7) is 10.3. The molecule has 16 heavy (non-hydrogen) atoms. The summed E-state index contributed by atoms with van der Waals surface area (Å²) in [5.74, 6) is 0. The molecule has 0 saturated heterocycles. The maximum absolute atomic E-state index is 3.73. The smallest absolute Gasteiger partial charge is 0.0566 e. The maximum Gasteiger partial charge on any atom is 0.0566 e. The molecule has 0 aliphatic carbocycles. The molecule has 1 N–H and O–H groups in total. The normalized spacial score (nSPS) is 12.3. The third-order valence-corrected chi connectivity index (χ3v) is 2.67. The number of benzene rings is 1. The Morgan fingerprint density at radius 3 is 2.44 bits per heavy atom. The van der Waals surface area contributed by atoms with Gasteiger partial charge in [0.1, 0.15) is 0 Å². The average Bonchev–Trinajstić information content (AvgIpc) is 2.29. The Hall–Kier alpha value is -1.50. The number of hydrogen-bond acceptors (Lipinski definition) is 1. The van der Waals surface area contributed by atoms with Gasteiger partial charge in [-0.3, -0.25) is 0 Å². The van der Waals surface area contributed by atoms with Crippen LogP contribution in [0.3, 0.4) is 0 Å². The summed E-state index contributed by atoms with van der Waals surface area (Å²) < 4.78 is 0. The zero-order valence-electron chi connectivity index (χ0n) is 10.5. The van der Waals surface area contributed by atoms with Crippen molar-refractivity contribution in [3.8, 4) is 0 Å². The Kier molecular flexibility index (Phi) is 4.36. The van der Waals surface area contributed by atoms with Gasteiger partial charge < -0.3 is 5.32 Å². The van der Waals surface area contributed by atoms with Gasteiger partial charge in [0.05, 0.1) is 5.54 Å². The monoisotopic (exact) mass is 215 g/mol. The van der Waals surface area contributed by atoms with Gasteiger partial charge in [0.2, 0.25) is 0 Å². The van der Waals surface area contributed by atoms with Crippen LogP contribution >= 0.6 is 0 Å². The van der Waals surface area contributed by atoms with E-state index in [4.69, 9.17) is 0 Å². The minimum Gasteiger partial charge on any atom is -0.379 e. The van der Waals surface area contributed by atoms with Crippen LogP contribution < -0.4 is 5.32 Å². The Morgan fingerprint density at radius 1 is 1.31 bits per heavy atom. The molecule has 1 aromatic rings. The van der Waals surface area contributed by atoms with E-state index in [2.05, 4.69) is 56.9 Å². The van der Waals surface area contributed by atoms with Crippen molar-refractivity contribution in [1.82, 2.24) is 5.32 Å². The standard InChI is InChI=1S/C15H21N/c1-5-10-14(6-2)16-15(3,4)13-11-8-7-9-12-13/h5,7-12,16H,1,6H2,2-4H3/b14-10+. The third-order valence-electron chi connectivity index (χ3n) is 2.67. The van der Waals surface area contributed by atoms with Crippen molar-refractivity contribution in [1.29, 1.82) is 0 Å². The van der Waals surface area contributed by atoms with E-state index in [-0.39, 0.29) is 5.54 Å². The topological polar surface area (TPSA) is 12.0 Å². The molecule has 86 valence electrons. The molecular formula is C15H21N. The molecule has 0 unspecified atom stereocenters. The van der Waals surface area contributed by atoms with E-state index in [9.17, 15) is 0 Å². The molecule has 0 bridgehead atoms. The molecule has 1 aromatic carbocycles. The van der Waals surface area contributed by atoms with E-state index in [0.29, 0.717) is 0 Å². The Balaban J connectivity index is 2.86. The summed E-state index contributed by atoms with van der Waals surface area (Å²) in [5, 5.41) is 3.55. The van der Waals surface area contributed by atoms with Crippen LogP contribution in [0.15, 0.2) is 54.8 Å². The number of hydrogen-bond donors (Lipinski definition) is 1. The van der Waals surface area contributed by atoms with Crippen LogP contribution in [0.5, 0.6) is 0 Å². The van der Waals surface area contributed by atoms with Gasteiger partial charge in [-0.25, -0.2) is 0 Å². The second-order valence-electron chi connectivity index (χ2n) is 4.40. The molecule has 1 nitrogen and oxygen atoms in total. The fourth-order valence-corrected chi connectivity index (χ4v) is 1.72. The van der Waals surface area contributed by atoms with Crippen LogP contribution in [0.1, 0.15) is 32.8 Å². The van der Waals surface area contributed by atoms with Gasteiger partial charge in [0, 0.05) is 5.70 Å². The first-order valence-corrected chi connectivity index (χ1v) is 5.75. The summed E-state index contributed by atoms with van der Waals surface area (Å²) >= 11 is 0. The highest BCUT2D eigenvalue weighted by Gasteiger charge is 2.19. The average molecular weight is 215 g/mol. The number of allylic oxidation sites excluding steroid dienone is 3. The third kappa shape index (κ3) is 3.27. The Labute approximate surface area is 98.9 Å². The van der Waals surface area contributed by atoms with Crippen LogP contribution in [-0.2, 0) is 5.54 Å². The van der Waals surface area contributed by atoms with E-state index >= 15 is 0 Å². The van der Waals surface area contributed by atoms with Gasteiger partial charge in [-0.05, 0) is 31.9 Å². The molecule has 0 aliphatic heterocycles. The van der Waals surface area contributed by atoms with Crippen molar-refractivity contribution >= 4 is 0 Å².